The monoisotopic (exact) mass is 389 g/mol. The van der Waals surface area contributed by atoms with Gasteiger partial charge in [0.25, 0.3) is 0 Å². The summed E-state index contributed by atoms with van der Waals surface area (Å²) >= 11 is 15.3. The molecule has 21 heavy (non-hydrogen) atoms. The average Bonchev–Trinajstić information content (AvgIpc) is 2.41. The number of aromatic hydroxyl groups is 1. The van der Waals surface area contributed by atoms with Crippen LogP contribution in [0.25, 0.3) is 0 Å². The first-order chi connectivity index (χ1) is 9.92. The molecule has 0 aliphatic rings. The van der Waals surface area contributed by atoms with Gasteiger partial charge in [0.1, 0.15) is 11.5 Å². The molecule has 2 N–H and O–H groups in total. The van der Waals surface area contributed by atoms with E-state index in [9.17, 15) is 5.11 Å². The van der Waals surface area contributed by atoms with Gasteiger partial charge in [0.15, 0.2) is 0 Å². The number of benzene rings is 2. The van der Waals surface area contributed by atoms with Gasteiger partial charge in [0.2, 0.25) is 0 Å². The lowest BCUT2D eigenvalue weighted by Crippen LogP contribution is -2.04. The van der Waals surface area contributed by atoms with Gasteiger partial charge >= 0.3 is 0 Å². The van der Waals surface area contributed by atoms with Crippen LogP contribution in [0.15, 0.2) is 28.7 Å². The van der Waals surface area contributed by atoms with Crippen LogP contribution in [-0.4, -0.2) is 12.2 Å². The molecule has 0 spiro atoms. The molecule has 0 aliphatic heterocycles. The van der Waals surface area contributed by atoms with Crippen LogP contribution in [0, 0.1) is 6.92 Å². The Balaban J connectivity index is 2.29. The van der Waals surface area contributed by atoms with Crippen molar-refractivity contribution in [2.75, 3.05) is 12.4 Å². The largest absolute Gasteiger partial charge is 0.506 e. The Kier molecular flexibility index (Phi) is 5.25. The first-order valence-electron chi connectivity index (χ1n) is 6.17. The molecule has 3 nitrogen and oxygen atoms in total. The second kappa shape index (κ2) is 6.77. The third-order valence-corrected chi connectivity index (χ3v) is 4.01. The third-order valence-electron chi connectivity index (χ3n) is 3.05. The SMILES string of the molecule is COc1cc(Br)cc(C)c1NCc1cc(Cl)cc(Cl)c1O. The molecule has 6 heteroatoms. The molecule has 2 rings (SSSR count). The summed E-state index contributed by atoms with van der Waals surface area (Å²) in [5, 5.41) is 13.9. The summed E-state index contributed by atoms with van der Waals surface area (Å²) in [5.74, 6) is 0.747. The van der Waals surface area contributed by atoms with Crippen molar-refractivity contribution in [2.24, 2.45) is 0 Å². The number of nitrogens with one attached hydrogen (secondary N) is 1. The van der Waals surface area contributed by atoms with E-state index in [1.165, 1.54) is 6.07 Å². The predicted octanol–water partition coefficient (Wildman–Crippen LogP) is 5.39. The van der Waals surface area contributed by atoms with E-state index in [0.717, 1.165) is 21.5 Å². The van der Waals surface area contributed by atoms with Crippen molar-refractivity contribution in [1.82, 2.24) is 0 Å². The van der Waals surface area contributed by atoms with Crippen molar-refractivity contribution in [3.8, 4) is 11.5 Å². The minimum Gasteiger partial charge on any atom is -0.506 e. The van der Waals surface area contributed by atoms with Crippen LogP contribution >= 0.6 is 39.1 Å². The van der Waals surface area contributed by atoms with E-state index in [0.29, 0.717) is 17.1 Å². The molecule has 112 valence electrons. The second-order valence-corrected chi connectivity index (χ2v) is 6.31. The molecule has 0 bridgehead atoms. The first-order valence-corrected chi connectivity index (χ1v) is 7.72. The lowest BCUT2D eigenvalue weighted by molar-refractivity contribution is 0.415. The molecule has 0 heterocycles. The molecule has 0 aliphatic carbocycles. The normalized spacial score (nSPS) is 10.5. The van der Waals surface area contributed by atoms with Gasteiger partial charge in [-0.25, -0.2) is 0 Å². The standard InChI is InChI=1S/C15H14BrCl2NO2/c1-8-3-10(16)5-13(21-2)14(8)19-7-9-4-11(17)6-12(18)15(9)20/h3-6,19-20H,7H2,1-2H3. The number of anilines is 1. The molecule has 2 aromatic rings. The summed E-state index contributed by atoms with van der Waals surface area (Å²) in [6.45, 7) is 2.35. The molecule has 0 atom stereocenters. The van der Waals surface area contributed by atoms with Gasteiger partial charge in [0, 0.05) is 21.6 Å². The molecule has 0 fully saturated rings. The van der Waals surface area contributed by atoms with Crippen LogP contribution in [0.2, 0.25) is 10.0 Å². The summed E-state index contributed by atoms with van der Waals surface area (Å²) in [5.41, 5.74) is 2.50. The lowest BCUT2D eigenvalue weighted by Gasteiger charge is -2.15. The molecule has 0 aromatic heterocycles. The highest BCUT2D eigenvalue weighted by atomic mass is 79.9. The van der Waals surface area contributed by atoms with Crippen molar-refractivity contribution in [3.63, 3.8) is 0 Å². The number of hydrogen-bond acceptors (Lipinski definition) is 3. The third kappa shape index (κ3) is 3.76. The Morgan fingerprint density at radius 1 is 1.24 bits per heavy atom. The number of phenols is 1. The average molecular weight is 391 g/mol. The highest BCUT2D eigenvalue weighted by molar-refractivity contribution is 9.10. The zero-order valence-corrected chi connectivity index (χ0v) is 14.6. The molecule has 2 aromatic carbocycles. The Morgan fingerprint density at radius 2 is 1.95 bits per heavy atom. The number of rotatable bonds is 4. The number of phenolic OH excluding ortho intramolecular Hbond substituents is 1. The van der Waals surface area contributed by atoms with E-state index in [-0.39, 0.29) is 10.8 Å². The maximum atomic E-state index is 9.97. The molecular weight excluding hydrogens is 377 g/mol. The van der Waals surface area contributed by atoms with Crippen LogP contribution in [-0.2, 0) is 6.54 Å². The maximum Gasteiger partial charge on any atom is 0.143 e. The van der Waals surface area contributed by atoms with Gasteiger partial charge in [-0.2, -0.15) is 0 Å². The van der Waals surface area contributed by atoms with Crippen LogP contribution in [0.4, 0.5) is 5.69 Å². The fourth-order valence-corrected chi connectivity index (χ4v) is 3.12. The van der Waals surface area contributed by atoms with Crippen LogP contribution in [0.3, 0.4) is 0 Å². The summed E-state index contributed by atoms with van der Waals surface area (Å²) in [7, 11) is 1.61. The van der Waals surface area contributed by atoms with Gasteiger partial charge in [-0.05, 0) is 36.8 Å². The van der Waals surface area contributed by atoms with Crippen molar-refractivity contribution in [1.29, 1.82) is 0 Å². The van der Waals surface area contributed by atoms with Crippen molar-refractivity contribution in [2.45, 2.75) is 13.5 Å². The van der Waals surface area contributed by atoms with E-state index in [2.05, 4.69) is 21.2 Å². The van der Waals surface area contributed by atoms with Gasteiger partial charge in [-0.1, -0.05) is 39.1 Å². The fraction of sp³-hybridized carbons (Fsp3) is 0.200. The second-order valence-electron chi connectivity index (χ2n) is 4.55. The van der Waals surface area contributed by atoms with Crippen molar-refractivity contribution < 1.29 is 9.84 Å². The lowest BCUT2D eigenvalue weighted by atomic mass is 10.1. The smallest absolute Gasteiger partial charge is 0.143 e. The summed E-state index contributed by atoms with van der Waals surface area (Å²) in [6.07, 6.45) is 0. The highest BCUT2D eigenvalue weighted by Gasteiger charge is 2.11. The number of aryl methyl sites for hydroxylation is 1. The molecular formula is C15H14BrCl2NO2. The van der Waals surface area contributed by atoms with Gasteiger partial charge in [-0.15, -0.1) is 0 Å². The first kappa shape index (κ1) is 16.3. The van der Waals surface area contributed by atoms with Crippen LogP contribution < -0.4 is 10.1 Å². The summed E-state index contributed by atoms with van der Waals surface area (Å²) in [4.78, 5) is 0. The minimum atomic E-state index is 0.0299. The molecule has 0 saturated heterocycles. The Hall–Kier alpha value is -1.10. The topological polar surface area (TPSA) is 41.5 Å². The maximum absolute atomic E-state index is 9.97. The number of hydrogen-bond donors (Lipinski definition) is 2. The van der Waals surface area contributed by atoms with E-state index < -0.39 is 0 Å². The minimum absolute atomic E-state index is 0.0299. The summed E-state index contributed by atoms with van der Waals surface area (Å²) in [6, 6.07) is 7.04. The predicted molar refractivity (Wildman–Crippen MR) is 90.9 cm³/mol. The molecule has 0 unspecified atom stereocenters. The van der Waals surface area contributed by atoms with Gasteiger partial charge in [0.05, 0.1) is 17.8 Å². The molecule has 0 saturated carbocycles. The van der Waals surface area contributed by atoms with E-state index >= 15 is 0 Å². The van der Waals surface area contributed by atoms with Crippen LogP contribution in [0.5, 0.6) is 11.5 Å². The fourth-order valence-electron chi connectivity index (χ4n) is 2.04. The van der Waals surface area contributed by atoms with Crippen molar-refractivity contribution >= 4 is 44.8 Å². The molecule has 0 radical (unpaired) electrons. The van der Waals surface area contributed by atoms with Crippen molar-refractivity contribution in [3.05, 3.63) is 49.9 Å². The quantitative estimate of drug-likeness (QED) is 0.735. The van der Waals surface area contributed by atoms with E-state index in [1.807, 2.05) is 19.1 Å². The van der Waals surface area contributed by atoms with Crippen LogP contribution in [0.1, 0.15) is 11.1 Å². The van der Waals surface area contributed by atoms with E-state index in [4.69, 9.17) is 27.9 Å². The Bertz CT molecular complexity index is 677. The zero-order chi connectivity index (χ0) is 15.6. The number of ether oxygens (including phenoxy) is 1. The van der Waals surface area contributed by atoms with Gasteiger partial charge < -0.3 is 15.2 Å². The van der Waals surface area contributed by atoms with E-state index in [1.54, 1.807) is 13.2 Å². The highest BCUT2D eigenvalue weighted by Crippen LogP contribution is 2.35. The van der Waals surface area contributed by atoms with Gasteiger partial charge in [-0.3, -0.25) is 0 Å². The Labute approximate surface area is 142 Å². The number of halogens is 3. The Morgan fingerprint density at radius 3 is 2.62 bits per heavy atom. The number of methoxy groups -OCH3 is 1. The molecule has 0 amide bonds. The summed E-state index contributed by atoms with van der Waals surface area (Å²) < 4.78 is 6.31. The zero-order valence-electron chi connectivity index (χ0n) is 11.5.